The van der Waals surface area contributed by atoms with Crippen LogP contribution in [0.5, 0.6) is 0 Å². The third-order valence-corrected chi connectivity index (χ3v) is 12.0. The van der Waals surface area contributed by atoms with Gasteiger partial charge < -0.3 is 4.42 Å². The molecule has 0 unspecified atom stereocenters. The first kappa shape index (κ1) is 32.3. The molecule has 0 bridgehead atoms. The predicted molar refractivity (Wildman–Crippen MR) is 230 cm³/mol. The fourth-order valence-electron chi connectivity index (χ4n) is 9.56. The molecule has 0 N–H and O–H groups in total. The maximum atomic E-state index is 10.3. The molecule has 8 aromatic carbocycles. The fraction of sp³-hybridized carbons (Fsp3) is 0.0189. The quantitative estimate of drug-likeness (QED) is 0.180. The first-order valence-corrected chi connectivity index (χ1v) is 19.4. The molecule has 5 heteroatoms. The van der Waals surface area contributed by atoms with E-state index >= 15 is 0 Å². The molecule has 0 atom stereocenters. The molecular weight excluding hydrogens is 709 g/mol. The average Bonchev–Trinajstić information content (AvgIpc) is 3.93. The van der Waals surface area contributed by atoms with E-state index in [0.717, 1.165) is 60.9 Å². The maximum Gasteiger partial charge on any atom is 0.164 e. The summed E-state index contributed by atoms with van der Waals surface area (Å²) in [6, 6.07) is 65.7. The number of rotatable bonds is 4. The number of benzene rings is 8. The van der Waals surface area contributed by atoms with Crippen molar-refractivity contribution >= 4 is 21.9 Å². The summed E-state index contributed by atoms with van der Waals surface area (Å²) in [5, 5.41) is 12.2. The van der Waals surface area contributed by atoms with Crippen LogP contribution in [-0.4, -0.2) is 15.0 Å². The van der Waals surface area contributed by atoms with Gasteiger partial charge >= 0.3 is 0 Å². The summed E-state index contributed by atoms with van der Waals surface area (Å²) in [5.74, 6) is 1.89. The van der Waals surface area contributed by atoms with Crippen LogP contribution in [0.4, 0.5) is 0 Å². The number of furan rings is 1. The number of nitrogens with zero attached hydrogens (tertiary/aromatic N) is 4. The number of aromatic nitrogens is 3. The highest BCUT2D eigenvalue weighted by Gasteiger charge is 2.52. The zero-order chi connectivity index (χ0) is 38.4. The van der Waals surface area contributed by atoms with E-state index in [0.29, 0.717) is 23.0 Å². The molecule has 0 fully saturated rings. The number of fused-ring (bicyclic) bond motifs is 14. The Morgan fingerprint density at radius 1 is 0.397 bits per heavy atom. The van der Waals surface area contributed by atoms with Crippen LogP contribution >= 0.6 is 0 Å². The SMILES string of the molecule is N#Cc1cccc2oc3ccc4c(c3c12)-c1ccc(-c2ccc(-c3nc(-c5ccccc5)nc(-c5ccccc5)n3)cc2)cc1C41c2ccccc2-c2ccccc21. The Kier molecular flexibility index (Phi) is 6.84. The zero-order valence-electron chi connectivity index (χ0n) is 31.0. The Morgan fingerprint density at radius 2 is 0.931 bits per heavy atom. The van der Waals surface area contributed by atoms with Gasteiger partial charge in [0.05, 0.1) is 17.0 Å². The normalized spacial score (nSPS) is 12.9. The lowest BCUT2D eigenvalue weighted by molar-refractivity contribution is 0.668. The molecule has 0 amide bonds. The molecule has 2 heterocycles. The standard InChI is InChI=1S/C53H30N4O/c54-31-37-16-11-21-45-47(37)49-46(58-45)29-28-43-48(49)40-27-26-36(30-44(40)53(43)41-19-9-7-17-38(41)39-18-8-10-20-42(39)53)32-22-24-35(25-23-32)52-56-50(33-12-3-1-4-13-33)55-51(57-52)34-14-5-2-6-15-34/h1-30H. The van der Waals surface area contributed by atoms with Gasteiger partial charge in [0.15, 0.2) is 17.5 Å². The van der Waals surface area contributed by atoms with Gasteiger partial charge in [-0.25, -0.2) is 15.0 Å². The zero-order valence-corrected chi connectivity index (χ0v) is 31.0. The van der Waals surface area contributed by atoms with E-state index < -0.39 is 5.41 Å². The van der Waals surface area contributed by atoms with Crippen LogP contribution in [0.25, 0.3) is 89.5 Å². The van der Waals surface area contributed by atoms with E-state index in [4.69, 9.17) is 19.4 Å². The van der Waals surface area contributed by atoms with Crippen molar-refractivity contribution in [2.24, 2.45) is 0 Å². The smallest absolute Gasteiger partial charge is 0.164 e. The van der Waals surface area contributed by atoms with Crippen molar-refractivity contribution in [3.8, 4) is 73.6 Å². The summed E-state index contributed by atoms with van der Waals surface area (Å²) in [5.41, 5.74) is 16.2. The van der Waals surface area contributed by atoms with Gasteiger partial charge in [-0.15, -0.1) is 0 Å². The summed E-state index contributed by atoms with van der Waals surface area (Å²) < 4.78 is 6.47. The Morgan fingerprint density at radius 3 is 1.55 bits per heavy atom. The highest BCUT2D eigenvalue weighted by atomic mass is 16.3. The molecule has 268 valence electrons. The number of hydrogen-bond donors (Lipinski definition) is 0. The first-order valence-electron chi connectivity index (χ1n) is 19.4. The molecule has 12 rings (SSSR count). The second kappa shape index (κ2) is 12.3. The van der Waals surface area contributed by atoms with E-state index in [1.165, 1.54) is 33.4 Å². The fourth-order valence-corrected chi connectivity index (χ4v) is 9.56. The van der Waals surface area contributed by atoms with Crippen molar-refractivity contribution in [1.29, 1.82) is 5.26 Å². The Hall–Kier alpha value is -7.94. The minimum absolute atomic E-state index is 0.570. The summed E-state index contributed by atoms with van der Waals surface area (Å²) in [7, 11) is 0. The highest BCUT2D eigenvalue weighted by molar-refractivity contribution is 6.18. The monoisotopic (exact) mass is 738 g/mol. The number of nitriles is 1. The van der Waals surface area contributed by atoms with Crippen molar-refractivity contribution in [3.05, 3.63) is 210 Å². The second-order valence-electron chi connectivity index (χ2n) is 15.0. The molecule has 0 aliphatic heterocycles. The minimum Gasteiger partial charge on any atom is -0.456 e. The Bertz CT molecular complexity index is 3240. The molecule has 10 aromatic rings. The third kappa shape index (κ3) is 4.48. The van der Waals surface area contributed by atoms with E-state index in [-0.39, 0.29) is 0 Å². The van der Waals surface area contributed by atoms with E-state index in [1.807, 2.05) is 78.9 Å². The van der Waals surface area contributed by atoms with Crippen molar-refractivity contribution in [2.45, 2.75) is 5.41 Å². The molecule has 58 heavy (non-hydrogen) atoms. The average molecular weight is 739 g/mol. The predicted octanol–water partition coefficient (Wildman–Crippen LogP) is 12.7. The summed E-state index contributed by atoms with van der Waals surface area (Å²) in [6.07, 6.45) is 0. The molecular formula is C53H30N4O. The van der Waals surface area contributed by atoms with Crippen molar-refractivity contribution in [1.82, 2.24) is 15.0 Å². The first-order chi connectivity index (χ1) is 28.7. The molecule has 0 radical (unpaired) electrons. The van der Waals surface area contributed by atoms with E-state index in [1.54, 1.807) is 0 Å². The van der Waals surface area contributed by atoms with Crippen molar-refractivity contribution < 1.29 is 4.42 Å². The van der Waals surface area contributed by atoms with E-state index in [2.05, 4.69) is 109 Å². The second-order valence-corrected chi connectivity index (χ2v) is 15.0. The summed E-state index contributed by atoms with van der Waals surface area (Å²) in [6.45, 7) is 0. The topological polar surface area (TPSA) is 75.6 Å². The van der Waals surface area contributed by atoms with Gasteiger partial charge in [0.1, 0.15) is 11.2 Å². The van der Waals surface area contributed by atoms with Crippen LogP contribution in [0.1, 0.15) is 27.8 Å². The lowest BCUT2D eigenvalue weighted by atomic mass is 9.70. The lowest BCUT2D eigenvalue weighted by Gasteiger charge is -2.30. The van der Waals surface area contributed by atoms with Crippen LogP contribution in [0, 0.1) is 11.3 Å². The van der Waals surface area contributed by atoms with Gasteiger partial charge in [-0.2, -0.15) is 5.26 Å². The molecule has 2 aliphatic carbocycles. The molecule has 0 saturated heterocycles. The summed E-state index contributed by atoms with van der Waals surface area (Å²) in [4.78, 5) is 14.8. The largest absolute Gasteiger partial charge is 0.456 e. The van der Waals surface area contributed by atoms with Gasteiger partial charge in [-0.3, -0.25) is 0 Å². The maximum absolute atomic E-state index is 10.3. The van der Waals surface area contributed by atoms with Gasteiger partial charge in [0, 0.05) is 27.5 Å². The van der Waals surface area contributed by atoms with Crippen LogP contribution in [0.2, 0.25) is 0 Å². The summed E-state index contributed by atoms with van der Waals surface area (Å²) >= 11 is 0. The van der Waals surface area contributed by atoms with Crippen LogP contribution in [0.15, 0.2) is 186 Å². The van der Waals surface area contributed by atoms with E-state index in [9.17, 15) is 5.26 Å². The van der Waals surface area contributed by atoms with Crippen LogP contribution < -0.4 is 0 Å². The van der Waals surface area contributed by atoms with Crippen LogP contribution in [0.3, 0.4) is 0 Å². The molecule has 1 spiro atoms. The minimum atomic E-state index is -0.570. The lowest BCUT2D eigenvalue weighted by Crippen LogP contribution is -2.25. The van der Waals surface area contributed by atoms with Gasteiger partial charge in [-0.1, -0.05) is 158 Å². The van der Waals surface area contributed by atoms with Gasteiger partial charge in [0.2, 0.25) is 0 Å². The number of hydrogen-bond acceptors (Lipinski definition) is 5. The van der Waals surface area contributed by atoms with Gasteiger partial charge in [0.25, 0.3) is 0 Å². The van der Waals surface area contributed by atoms with Crippen LogP contribution in [-0.2, 0) is 5.41 Å². The Labute approximate surface area is 334 Å². The third-order valence-electron chi connectivity index (χ3n) is 12.0. The van der Waals surface area contributed by atoms with Crippen molar-refractivity contribution in [3.63, 3.8) is 0 Å². The molecule has 2 aromatic heterocycles. The highest BCUT2D eigenvalue weighted by Crippen LogP contribution is 2.64. The van der Waals surface area contributed by atoms with Gasteiger partial charge in [-0.05, 0) is 79.9 Å². The molecule has 2 aliphatic rings. The Balaban J connectivity index is 1.06. The molecule has 0 saturated carbocycles. The van der Waals surface area contributed by atoms with Crippen molar-refractivity contribution in [2.75, 3.05) is 0 Å². The molecule has 5 nitrogen and oxygen atoms in total.